The van der Waals surface area contributed by atoms with Crippen molar-refractivity contribution in [2.75, 3.05) is 19.4 Å². The Morgan fingerprint density at radius 3 is 2.62 bits per heavy atom. The molecule has 1 heterocycles. The number of benzene rings is 1. The second-order valence-electron chi connectivity index (χ2n) is 4.67. The van der Waals surface area contributed by atoms with Gasteiger partial charge in [0.05, 0.1) is 22.5 Å². The van der Waals surface area contributed by atoms with Gasteiger partial charge in [-0.15, -0.1) is 11.3 Å². The number of carbonyl (C=O) groups is 2. The van der Waals surface area contributed by atoms with Crippen LogP contribution in [-0.4, -0.2) is 35.8 Å². The number of anilines is 1. The molecule has 1 aromatic heterocycles. The van der Waals surface area contributed by atoms with Crippen LogP contribution in [0.4, 0.5) is 5.69 Å². The first-order chi connectivity index (χ1) is 10.0. The molecule has 2 amide bonds. The maximum Gasteiger partial charge on any atom is 0.267 e. The molecule has 0 atom stereocenters. The smallest absolute Gasteiger partial charge is 0.267 e. The molecule has 0 aliphatic heterocycles. The second-order valence-corrected chi connectivity index (χ2v) is 5.79. The zero-order valence-corrected chi connectivity index (χ0v) is 13.0. The van der Waals surface area contributed by atoms with Crippen LogP contribution in [-0.2, 0) is 6.42 Å². The second kappa shape index (κ2) is 6.49. The first-order valence-corrected chi connectivity index (χ1v) is 7.41. The largest absolute Gasteiger partial charge is 0.345 e. The molecule has 0 spiro atoms. The van der Waals surface area contributed by atoms with E-state index in [9.17, 15) is 9.59 Å². The van der Waals surface area contributed by atoms with Crippen molar-refractivity contribution in [2.24, 2.45) is 0 Å². The number of para-hydroxylation sites is 1. The molecule has 0 bridgehead atoms. The maximum atomic E-state index is 12.2. The van der Waals surface area contributed by atoms with Crippen molar-refractivity contribution in [3.63, 3.8) is 0 Å². The van der Waals surface area contributed by atoms with Crippen molar-refractivity contribution in [3.8, 4) is 0 Å². The van der Waals surface area contributed by atoms with Gasteiger partial charge >= 0.3 is 0 Å². The Bertz CT molecular complexity index is 664. The number of rotatable bonds is 4. The fourth-order valence-electron chi connectivity index (χ4n) is 1.78. The molecule has 0 unspecified atom stereocenters. The van der Waals surface area contributed by atoms with Crippen LogP contribution in [0.1, 0.15) is 32.0 Å². The van der Waals surface area contributed by atoms with Crippen molar-refractivity contribution < 1.29 is 9.59 Å². The summed E-state index contributed by atoms with van der Waals surface area (Å²) < 4.78 is 0. The molecule has 0 fully saturated rings. The average molecular weight is 303 g/mol. The molecule has 1 aromatic carbocycles. The molecule has 5 nitrogen and oxygen atoms in total. The lowest BCUT2D eigenvalue weighted by Gasteiger charge is -2.14. The summed E-state index contributed by atoms with van der Waals surface area (Å²) in [6, 6.07) is 6.97. The van der Waals surface area contributed by atoms with Crippen molar-refractivity contribution >= 4 is 28.8 Å². The van der Waals surface area contributed by atoms with Gasteiger partial charge in [0.25, 0.3) is 11.8 Å². The Labute approximate surface area is 127 Å². The molecule has 0 aliphatic carbocycles. The number of hydrogen-bond donors (Lipinski definition) is 1. The zero-order valence-electron chi connectivity index (χ0n) is 12.2. The summed E-state index contributed by atoms with van der Waals surface area (Å²) in [7, 11) is 3.36. The predicted octanol–water partition coefficient (Wildman–Crippen LogP) is 2.66. The lowest BCUT2D eigenvalue weighted by Crippen LogP contribution is -2.23. The molecule has 0 saturated carbocycles. The molecule has 21 heavy (non-hydrogen) atoms. The average Bonchev–Trinajstić information content (AvgIpc) is 2.96. The third-order valence-electron chi connectivity index (χ3n) is 2.89. The summed E-state index contributed by atoms with van der Waals surface area (Å²) in [5, 5.41) is 3.70. The number of carbonyl (C=O) groups excluding carboxylic acids is 2. The van der Waals surface area contributed by atoms with Crippen LogP contribution in [0.3, 0.4) is 0 Å². The maximum absolute atomic E-state index is 12.2. The summed E-state index contributed by atoms with van der Waals surface area (Å²) in [5.74, 6) is -0.393. The zero-order chi connectivity index (χ0) is 15.4. The molecular weight excluding hydrogens is 286 g/mol. The number of aromatic nitrogens is 1. The van der Waals surface area contributed by atoms with Gasteiger partial charge in [0.2, 0.25) is 0 Å². The number of amides is 2. The fourth-order valence-corrected chi connectivity index (χ4v) is 2.53. The molecule has 1 N–H and O–H groups in total. The van der Waals surface area contributed by atoms with Gasteiger partial charge < -0.3 is 10.2 Å². The summed E-state index contributed by atoms with van der Waals surface area (Å²) in [4.78, 5) is 30.5. The van der Waals surface area contributed by atoms with Crippen LogP contribution in [0.2, 0.25) is 0 Å². The van der Waals surface area contributed by atoms with Gasteiger partial charge in [-0.05, 0) is 18.6 Å². The van der Waals surface area contributed by atoms with Crippen LogP contribution >= 0.6 is 11.3 Å². The van der Waals surface area contributed by atoms with E-state index in [1.54, 1.807) is 44.6 Å². The summed E-state index contributed by atoms with van der Waals surface area (Å²) in [6.07, 6.45) is 2.36. The number of nitrogens with one attached hydrogen (secondary N) is 1. The summed E-state index contributed by atoms with van der Waals surface area (Å²) in [5.41, 5.74) is 0.976. The SMILES string of the molecule is CCc1ncc(C(=O)Nc2ccccc2C(=O)N(C)C)s1. The topological polar surface area (TPSA) is 62.3 Å². The van der Waals surface area contributed by atoms with E-state index in [2.05, 4.69) is 10.3 Å². The van der Waals surface area contributed by atoms with Gasteiger partial charge in [-0.2, -0.15) is 0 Å². The quantitative estimate of drug-likeness (QED) is 0.944. The van der Waals surface area contributed by atoms with Crippen molar-refractivity contribution in [1.82, 2.24) is 9.88 Å². The van der Waals surface area contributed by atoms with Crippen LogP contribution in [0.25, 0.3) is 0 Å². The predicted molar refractivity (Wildman–Crippen MR) is 83.9 cm³/mol. The number of hydrogen-bond acceptors (Lipinski definition) is 4. The summed E-state index contributed by atoms with van der Waals surface area (Å²) in [6.45, 7) is 1.99. The van der Waals surface area contributed by atoms with E-state index < -0.39 is 0 Å². The number of nitrogens with zero attached hydrogens (tertiary/aromatic N) is 2. The molecule has 2 aromatic rings. The van der Waals surface area contributed by atoms with Gasteiger partial charge in [0.15, 0.2) is 0 Å². The number of aryl methyl sites for hydroxylation is 1. The van der Waals surface area contributed by atoms with E-state index in [4.69, 9.17) is 0 Å². The highest BCUT2D eigenvalue weighted by molar-refractivity contribution is 7.13. The van der Waals surface area contributed by atoms with Crippen LogP contribution in [0.5, 0.6) is 0 Å². The van der Waals surface area contributed by atoms with Gasteiger partial charge in [-0.25, -0.2) is 4.98 Å². The van der Waals surface area contributed by atoms with Crippen molar-refractivity contribution in [3.05, 3.63) is 45.9 Å². The van der Waals surface area contributed by atoms with E-state index in [0.29, 0.717) is 16.1 Å². The highest BCUT2D eigenvalue weighted by atomic mass is 32.1. The van der Waals surface area contributed by atoms with Gasteiger partial charge in [0.1, 0.15) is 4.88 Å². The van der Waals surface area contributed by atoms with Crippen molar-refractivity contribution in [1.29, 1.82) is 0 Å². The molecule has 0 saturated heterocycles. The number of thiazole rings is 1. The molecule has 6 heteroatoms. The molecule has 2 rings (SSSR count). The Morgan fingerprint density at radius 1 is 1.29 bits per heavy atom. The third kappa shape index (κ3) is 3.46. The Balaban J connectivity index is 2.23. The first-order valence-electron chi connectivity index (χ1n) is 6.59. The monoisotopic (exact) mass is 303 g/mol. The Kier molecular flexibility index (Phi) is 4.70. The minimum absolute atomic E-state index is 0.149. The minimum atomic E-state index is -0.244. The standard InChI is InChI=1S/C15H17N3O2S/c1-4-13-16-9-12(21-13)14(19)17-11-8-6-5-7-10(11)15(20)18(2)3/h5-9H,4H2,1-3H3,(H,17,19). The van der Waals surface area contributed by atoms with Crippen LogP contribution in [0.15, 0.2) is 30.5 Å². The van der Waals surface area contributed by atoms with Gasteiger partial charge in [-0.3, -0.25) is 9.59 Å². The molecular formula is C15H17N3O2S. The third-order valence-corrected chi connectivity index (χ3v) is 4.03. The van der Waals surface area contributed by atoms with E-state index in [0.717, 1.165) is 11.4 Å². The molecule has 0 aliphatic rings. The van der Waals surface area contributed by atoms with Crippen LogP contribution < -0.4 is 5.32 Å². The molecule has 110 valence electrons. The van der Waals surface area contributed by atoms with Crippen LogP contribution in [0, 0.1) is 0 Å². The fraction of sp³-hybridized carbons (Fsp3) is 0.267. The first kappa shape index (κ1) is 15.2. The van der Waals surface area contributed by atoms with E-state index >= 15 is 0 Å². The Morgan fingerprint density at radius 2 is 2.00 bits per heavy atom. The normalized spacial score (nSPS) is 10.2. The van der Waals surface area contributed by atoms with E-state index in [1.165, 1.54) is 16.2 Å². The van der Waals surface area contributed by atoms with E-state index in [1.807, 2.05) is 6.92 Å². The van der Waals surface area contributed by atoms with Gasteiger partial charge in [-0.1, -0.05) is 19.1 Å². The molecule has 0 radical (unpaired) electrons. The lowest BCUT2D eigenvalue weighted by molar-refractivity contribution is 0.0828. The van der Waals surface area contributed by atoms with E-state index in [-0.39, 0.29) is 11.8 Å². The summed E-state index contributed by atoms with van der Waals surface area (Å²) >= 11 is 1.36. The van der Waals surface area contributed by atoms with Gasteiger partial charge in [0, 0.05) is 14.1 Å². The lowest BCUT2D eigenvalue weighted by atomic mass is 10.1. The highest BCUT2D eigenvalue weighted by Crippen LogP contribution is 2.20. The minimum Gasteiger partial charge on any atom is -0.345 e. The van der Waals surface area contributed by atoms with Crippen molar-refractivity contribution in [2.45, 2.75) is 13.3 Å². The highest BCUT2D eigenvalue weighted by Gasteiger charge is 2.16. The Hall–Kier alpha value is -2.21.